The third-order valence-electron chi connectivity index (χ3n) is 3.00. The molecule has 3 rings (SSSR count). The van der Waals surface area contributed by atoms with Crippen LogP contribution in [-0.4, -0.2) is 22.4 Å². The van der Waals surface area contributed by atoms with Gasteiger partial charge in [0.15, 0.2) is 0 Å². The molecule has 0 amide bonds. The van der Waals surface area contributed by atoms with Crippen molar-refractivity contribution in [3.63, 3.8) is 0 Å². The van der Waals surface area contributed by atoms with Crippen LogP contribution in [0.15, 0.2) is 57.2 Å². The van der Waals surface area contributed by atoms with Crippen molar-refractivity contribution < 1.29 is 8.42 Å². The highest BCUT2D eigenvalue weighted by Gasteiger charge is 2.23. The maximum atomic E-state index is 12.5. The Balaban J connectivity index is 2.40. The van der Waals surface area contributed by atoms with Gasteiger partial charge in [-0.1, -0.05) is 11.6 Å². The van der Waals surface area contributed by atoms with Gasteiger partial charge in [0.1, 0.15) is 4.90 Å². The molecule has 0 saturated heterocycles. The fourth-order valence-electron chi connectivity index (χ4n) is 2.00. The van der Waals surface area contributed by atoms with E-state index in [1.54, 1.807) is 0 Å². The number of nitrogens with one attached hydrogen (secondary N) is 1. The summed E-state index contributed by atoms with van der Waals surface area (Å²) in [6.45, 7) is 0. The maximum absolute atomic E-state index is 12.5. The fraction of sp³-hybridized carbons (Fsp3) is 0. The Kier molecular flexibility index (Phi) is 3.34. The Morgan fingerprint density at radius 2 is 1.95 bits per heavy atom. The molecule has 0 spiro atoms. The van der Waals surface area contributed by atoms with Crippen molar-refractivity contribution >= 4 is 32.5 Å². The van der Waals surface area contributed by atoms with Crippen molar-refractivity contribution in [1.29, 1.82) is 0 Å². The van der Waals surface area contributed by atoms with Crippen LogP contribution >= 0.6 is 11.6 Å². The Morgan fingerprint density at radius 1 is 1.18 bits per heavy atom. The summed E-state index contributed by atoms with van der Waals surface area (Å²) in [6.07, 6.45) is 2.45. The van der Waals surface area contributed by atoms with Crippen LogP contribution in [0, 0.1) is 0 Å². The summed E-state index contributed by atoms with van der Waals surface area (Å²) < 4.78 is 25.1. The summed E-state index contributed by atoms with van der Waals surface area (Å²) in [4.78, 5) is 30.2. The Hall–Kier alpha value is -2.45. The molecule has 0 radical (unpaired) electrons. The first-order chi connectivity index (χ1) is 10.4. The van der Waals surface area contributed by atoms with Crippen molar-refractivity contribution in [3.05, 3.63) is 68.6 Å². The number of hydrogen-bond acceptors (Lipinski definition) is 5. The minimum Gasteiger partial charge on any atom is -0.306 e. The van der Waals surface area contributed by atoms with Gasteiger partial charge in [0.05, 0.1) is 10.9 Å². The summed E-state index contributed by atoms with van der Waals surface area (Å²) in [5, 5.41) is 0.354. The molecular formula is C13H8ClN3O4S. The monoisotopic (exact) mass is 337 g/mol. The number of hydrogen-bond donors (Lipinski definition) is 1. The molecule has 9 heteroatoms. The van der Waals surface area contributed by atoms with E-state index in [9.17, 15) is 18.0 Å². The average Bonchev–Trinajstić information content (AvgIpc) is 2.47. The zero-order valence-electron chi connectivity index (χ0n) is 10.9. The summed E-state index contributed by atoms with van der Waals surface area (Å²) in [5.74, 6) is 0. The first-order valence-corrected chi connectivity index (χ1v) is 7.83. The van der Waals surface area contributed by atoms with Gasteiger partial charge < -0.3 is 4.98 Å². The van der Waals surface area contributed by atoms with Gasteiger partial charge >= 0.3 is 5.69 Å². The minimum atomic E-state index is -4.34. The van der Waals surface area contributed by atoms with E-state index in [1.807, 2.05) is 0 Å². The number of rotatable bonds is 2. The van der Waals surface area contributed by atoms with E-state index >= 15 is 0 Å². The molecule has 22 heavy (non-hydrogen) atoms. The van der Waals surface area contributed by atoms with Gasteiger partial charge in [-0.15, -0.1) is 3.97 Å². The van der Waals surface area contributed by atoms with Crippen LogP contribution in [0.2, 0.25) is 5.02 Å². The molecule has 0 aliphatic rings. The van der Waals surface area contributed by atoms with Crippen molar-refractivity contribution in [3.8, 4) is 0 Å². The number of halogens is 1. The highest BCUT2D eigenvalue weighted by Crippen LogP contribution is 2.14. The third-order valence-corrected chi connectivity index (χ3v) is 4.88. The highest BCUT2D eigenvalue weighted by atomic mass is 35.5. The molecule has 0 aliphatic heterocycles. The molecule has 7 nitrogen and oxygen atoms in total. The Bertz CT molecular complexity index is 1090. The lowest BCUT2D eigenvalue weighted by atomic mass is 10.2. The number of aromatic nitrogens is 3. The lowest BCUT2D eigenvalue weighted by Crippen LogP contribution is -2.40. The van der Waals surface area contributed by atoms with Gasteiger partial charge in [0, 0.05) is 17.4 Å². The Labute approximate surface area is 128 Å². The van der Waals surface area contributed by atoms with E-state index in [0.29, 0.717) is 5.02 Å². The number of nitrogens with zero attached hydrogens (tertiary/aromatic N) is 2. The average molecular weight is 338 g/mol. The number of pyridine rings is 1. The second-order valence-electron chi connectivity index (χ2n) is 4.38. The standard InChI is InChI=1S/C13H8ClN3O4S/c14-8-3-4-10-11(6-8)16-13(19)17(12(10)18)22(20,21)9-2-1-5-15-7-9/h1-7H,(H,16,19). The summed E-state index contributed by atoms with van der Waals surface area (Å²) in [5.41, 5.74) is -1.84. The number of benzene rings is 1. The number of fused-ring (bicyclic) bond motifs is 1. The molecule has 0 saturated carbocycles. The quantitative estimate of drug-likeness (QED) is 0.751. The van der Waals surface area contributed by atoms with Crippen LogP contribution in [-0.2, 0) is 10.0 Å². The lowest BCUT2D eigenvalue weighted by molar-refractivity contribution is 0.582. The van der Waals surface area contributed by atoms with Crippen LogP contribution in [0.25, 0.3) is 10.9 Å². The van der Waals surface area contributed by atoms with Crippen LogP contribution < -0.4 is 11.2 Å². The van der Waals surface area contributed by atoms with Crippen LogP contribution in [0.5, 0.6) is 0 Å². The molecule has 0 bridgehead atoms. The molecule has 3 aromatic rings. The number of aromatic amines is 1. The molecular weight excluding hydrogens is 330 g/mol. The van der Waals surface area contributed by atoms with Crippen molar-refractivity contribution in [2.75, 3.05) is 0 Å². The summed E-state index contributed by atoms with van der Waals surface area (Å²) in [6, 6.07) is 6.81. The molecule has 0 fully saturated rings. The SMILES string of the molecule is O=c1[nH]c2cc(Cl)ccc2c(=O)n1S(=O)(=O)c1cccnc1. The first kappa shape index (κ1) is 14.5. The molecule has 1 aromatic carbocycles. The predicted octanol–water partition coefficient (Wildman–Crippen LogP) is 0.975. The van der Waals surface area contributed by atoms with Gasteiger partial charge in [-0.2, -0.15) is 0 Å². The van der Waals surface area contributed by atoms with Gasteiger partial charge in [-0.25, -0.2) is 13.2 Å². The topological polar surface area (TPSA) is 102 Å². The minimum absolute atomic E-state index is 0.0384. The summed E-state index contributed by atoms with van der Waals surface area (Å²) >= 11 is 5.79. The van der Waals surface area contributed by atoms with E-state index < -0.39 is 21.3 Å². The van der Waals surface area contributed by atoms with Crippen LogP contribution in [0.1, 0.15) is 0 Å². The van der Waals surface area contributed by atoms with Gasteiger partial charge in [-0.3, -0.25) is 9.78 Å². The predicted molar refractivity (Wildman–Crippen MR) is 80.7 cm³/mol. The largest absolute Gasteiger partial charge is 0.343 e. The number of H-pyrrole nitrogens is 1. The van der Waals surface area contributed by atoms with Gasteiger partial charge in [0.25, 0.3) is 15.6 Å². The Morgan fingerprint density at radius 3 is 2.64 bits per heavy atom. The second kappa shape index (κ2) is 5.08. The van der Waals surface area contributed by atoms with E-state index in [4.69, 9.17) is 11.6 Å². The first-order valence-electron chi connectivity index (χ1n) is 6.01. The molecule has 2 aromatic heterocycles. The molecule has 0 unspecified atom stereocenters. The molecule has 2 heterocycles. The van der Waals surface area contributed by atoms with Crippen molar-refractivity contribution in [2.24, 2.45) is 0 Å². The molecule has 1 N–H and O–H groups in total. The molecule has 112 valence electrons. The third kappa shape index (κ3) is 2.22. The van der Waals surface area contributed by atoms with E-state index in [2.05, 4.69) is 9.97 Å². The van der Waals surface area contributed by atoms with Gasteiger partial charge in [-0.05, 0) is 30.3 Å². The van der Waals surface area contributed by atoms with E-state index in [-0.39, 0.29) is 19.8 Å². The van der Waals surface area contributed by atoms with E-state index in [1.165, 1.54) is 36.5 Å². The fourth-order valence-corrected chi connectivity index (χ4v) is 3.41. The van der Waals surface area contributed by atoms with Gasteiger partial charge in [0.2, 0.25) is 0 Å². The lowest BCUT2D eigenvalue weighted by Gasteiger charge is -2.07. The van der Waals surface area contributed by atoms with E-state index in [0.717, 1.165) is 6.20 Å². The maximum Gasteiger partial charge on any atom is 0.343 e. The molecule has 0 atom stereocenters. The zero-order valence-corrected chi connectivity index (χ0v) is 12.4. The van der Waals surface area contributed by atoms with Crippen molar-refractivity contribution in [1.82, 2.24) is 13.9 Å². The molecule has 0 aliphatic carbocycles. The van der Waals surface area contributed by atoms with Crippen LogP contribution in [0.4, 0.5) is 0 Å². The highest BCUT2D eigenvalue weighted by molar-refractivity contribution is 7.89. The zero-order chi connectivity index (χ0) is 15.9. The smallest absolute Gasteiger partial charge is 0.306 e. The van der Waals surface area contributed by atoms with Crippen LogP contribution in [0.3, 0.4) is 0 Å². The normalized spacial score (nSPS) is 11.7. The van der Waals surface area contributed by atoms with Crippen molar-refractivity contribution in [2.45, 2.75) is 4.90 Å². The second-order valence-corrected chi connectivity index (χ2v) is 6.61. The summed E-state index contributed by atoms with van der Waals surface area (Å²) in [7, 11) is -4.34.